The van der Waals surface area contributed by atoms with Crippen molar-refractivity contribution >= 4 is 49.2 Å². The summed E-state index contributed by atoms with van der Waals surface area (Å²) in [5, 5.41) is 0.699. The Kier molecular flexibility index (Phi) is 5.95. The number of nitrogens with two attached hydrogens (primary N) is 1. The summed E-state index contributed by atoms with van der Waals surface area (Å²) in [5.41, 5.74) is 5.19. The second kappa shape index (κ2) is 8.24. The van der Waals surface area contributed by atoms with Crippen LogP contribution in [0.25, 0.3) is 10.1 Å². The van der Waals surface area contributed by atoms with Crippen LogP contribution in [0.2, 0.25) is 0 Å². The van der Waals surface area contributed by atoms with Crippen LogP contribution >= 0.6 is 27.3 Å². The Morgan fingerprint density at radius 3 is 2.50 bits per heavy atom. The topological polar surface area (TPSA) is 78.6 Å². The Hall–Kier alpha value is -2.52. The molecule has 1 heterocycles. The summed E-state index contributed by atoms with van der Waals surface area (Å²) < 4.78 is 40.3. The molecule has 2 aromatic carbocycles. The van der Waals surface area contributed by atoms with E-state index in [4.69, 9.17) is 15.2 Å². The van der Waals surface area contributed by atoms with Crippen molar-refractivity contribution in [3.05, 3.63) is 62.4 Å². The zero-order valence-electron chi connectivity index (χ0n) is 14.6. The van der Waals surface area contributed by atoms with Crippen LogP contribution in [0.3, 0.4) is 0 Å². The Morgan fingerprint density at radius 1 is 1.21 bits per heavy atom. The predicted molar refractivity (Wildman–Crippen MR) is 105 cm³/mol. The van der Waals surface area contributed by atoms with Crippen LogP contribution in [0, 0.1) is 11.6 Å². The number of hydrogen-bond donors (Lipinski definition) is 1. The molecule has 0 saturated carbocycles. The molecule has 0 aliphatic heterocycles. The molecular formula is C19H14BrF2NO4S. The van der Waals surface area contributed by atoms with Crippen molar-refractivity contribution < 1.29 is 27.8 Å². The van der Waals surface area contributed by atoms with E-state index in [1.54, 1.807) is 13.0 Å². The van der Waals surface area contributed by atoms with Crippen molar-refractivity contribution in [3.8, 4) is 5.75 Å². The Labute approximate surface area is 171 Å². The highest BCUT2D eigenvalue weighted by atomic mass is 79.9. The van der Waals surface area contributed by atoms with Gasteiger partial charge in [-0.25, -0.2) is 13.6 Å². The van der Waals surface area contributed by atoms with Crippen LogP contribution in [0.1, 0.15) is 32.5 Å². The standard InChI is InChI=1S/C19H14BrF2NO4S/c1-2-26-19(25)17-10(15-11(20)4-3-5-14(15)28-17)8-27-16-12(21)6-9(18(23)24)7-13(16)22/h3-7H,2,8H2,1H3,(H2,23,24). The van der Waals surface area contributed by atoms with Crippen LogP contribution in [0.4, 0.5) is 8.78 Å². The van der Waals surface area contributed by atoms with Gasteiger partial charge in [0.05, 0.1) is 6.61 Å². The summed E-state index contributed by atoms with van der Waals surface area (Å²) in [4.78, 5) is 23.7. The third-order valence-corrected chi connectivity index (χ3v) is 5.71. The van der Waals surface area contributed by atoms with E-state index in [-0.39, 0.29) is 18.8 Å². The maximum Gasteiger partial charge on any atom is 0.348 e. The largest absolute Gasteiger partial charge is 0.483 e. The van der Waals surface area contributed by atoms with Crippen LogP contribution in [-0.2, 0) is 11.3 Å². The first-order valence-corrected chi connectivity index (χ1v) is 9.73. The molecule has 0 bridgehead atoms. The minimum absolute atomic E-state index is 0.187. The fraction of sp³-hybridized carbons (Fsp3) is 0.158. The van der Waals surface area contributed by atoms with Crippen LogP contribution in [-0.4, -0.2) is 18.5 Å². The van der Waals surface area contributed by atoms with E-state index in [9.17, 15) is 18.4 Å². The van der Waals surface area contributed by atoms with Crippen molar-refractivity contribution in [2.45, 2.75) is 13.5 Å². The lowest BCUT2D eigenvalue weighted by Gasteiger charge is -2.11. The summed E-state index contributed by atoms with van der Waals surface area (Å²) >= 11 is 4.63. The van der Waals surface area contributed by atoms with Crippen LogP contribution in [0.5, 0.6) is 5.75 Å². The van der Waals surface area contributed by atoms with Crippen molar-refractivity contribution in [1.82, 2.24) is 0 Å². The number of thiophene rings is 1. The molecule has 0 spiro atoms. The van der Waals surface area contributed by atoms with Crippen molar-refractivity contribution in [2.24, 2.45) is 5.73 Å². The average Bonchev–Trinajstić information content (AvgIpc) is 3.01. The molecule has 0 fully saturated rings. The molecule has 0 aliphatic rings. The first-order valence-electron chi connectivity index (χ1n) is 8.12. The lowest BCUT2D eigenvalue weighted by molar-refractivity contribution is 0.0529. The molecule has 0 saturated heterocycles. The van der Waals surface area contributed by atoms with Gasteiger partial charge in [-0.1, -0.05) is 22.0 Å². The molecule has 1 aromatic heterocycles. The SMILES string of the molecule is CCOC(=O)c1sc2cccc(Br)c2c1COc1c(F)cc(C(N)=O)cc1F. The van der Waals surface area contributed by atoms with E-state index in [0.717, 1.165) is 16.8 Å². The normalized spacial score (nSPS) is 10.9. The summed E-state index contributed by atoms with van der Waals surface area (Å²) in [7, 11) is 0. The number of ether oxygens (including phenoxy) is 2. The number of esters is 1. The van der Waals surface area contributed by atoms with Gasteiger partial charge in [-0.05, 0) is 31.2 Å². The van der Waals surface area contributed by atoms with Gasteiger partial charge in [0.2, 0.25) is 5.91 Å². The molecule has 2 N–H and O–H groups in total. The fourth-order valence-electron chi connectivity index (χ4n) is 2.65. The quantitative estimate of drug-likeness (QED) is 0.526. The molecule has 0 atom stereocenters. The number of carbonyl (C=O) groups is 2. The Balaban J connectivity index is 2.02. The second-order valence-electron chi connectivity index (χ2n) is 5.67. The summed E-state index contributed by atoms with van der Waals surface area (Å²) in [6.07, 6.45) is 0. The Bertz CT molecular complexity index is 1060. The average molecular weight is 470 g/mol. The van der Waals surface area contributed by atoms with Crippen LogP contribution < -0.4 is 10.5 Å². The third-order valence-electron chi connectivity index (χ3n) is 3.87. The van der Waals surface area contributed by atoms with E-state index in [2.05, 4.69) is 15.9 Å². The molecule has 1 amide bonds. The molecule has 0 aliphatic carbocycles. The fourth-order valence-corrected chi connectivity index (χ4v) is 4.52. The van der Waals surface area contributed by atoms with E-state index in [0.29, 0.717) is 20.3 Å². The monoisotopic (exact) mass is 469 g/mol. The third kappa shape index (κ3) is 3.85. The first-order chi connectivity index (χ1) is 13.3. The van der Waals surface area contributed by atoms with Crippen molar-refractivity contribution in [3.63, 3.8) is 0 Å². The summed E-state index contributed by atoms with van der Waals surface area (Å²) in [5.74, 6) is -4.29. The number of carbonyl (C=O) groups excluding carboxylic acids is 2. The molecule has 3 aromatic rings. The maximum atomic E-state index is 14.2. The summed E-state index contributed by atoms with van der Waals surface area (Å²) in [6.45, 7) is 1.59. The predicted octanol–water partition coefficient (Wildman–Crippen LogP) is 4.80. The van der Waals surface area contributed by atoms with Gasteiger partial charge in [0.1, 0.15) is 11.5 Å². The van der Waals surface area contributed by atoms with Gasteiger partial charge in [-0.2, -0.15) is 0 Å². The minimum atomic E-state index is -1.06. The van der Waals surface area contributed by atoms with Gasteiger partial charge in [-0.15, -0.1) is 11.3 Å². The van der Waals surface area contributed by atoms with Gasteiger partial charge >= 0.3 is 5.97 Å². The lowest BCUT2D eigenvalue weighted by atomic mass is 10.1. The number of hydrogen-bond acceptors (Lipinski definition) is 5. The molecular weight excluding hydrogens is 456 g/mol. The highest BCUT2D eigenvalue weighted by Gasteiger charge is 2.23. The molecule has 0 unspecified atom stereocenters. The second-order valence-corrected chi connectivity index (χ2v) is 7.57. The van der Waals surface area contributed by atoms with Gasteiger partial charge < -0.3 is 15.2 Å². The van der Waals surface area contributed by atoms with Gasteiger partial charge in [0.25, 0.3) is 0 Å². The zero-order chi connectivity index (χ0) is 20.4. The van der Waals surface area contributed by atoms with Gasteiger partial charge in [0.15, 0.2) is 17.4 Å². The smallest absolute Gasteiger partial charge is 0.348 e. The molecule has 28 heavy (non-hydrogen) atoms. The highest BCUT2D eigenvalue weighted by Crippen LogP contribution is 2.37. The van der Waals surface area contributed by atoms with E-state index < -0.39 is 29.3 Å². The van der Waals surface area contributed by atoms with Gasteiger partial charge in [0, 0.05) is 25.7 Å². The maximum absolute atomic E-state index is 14.2. The van der Waals surface area contributed by atoms with E-state index >= 15 is 0 Å². The number of halogens is 3. The lowest BCUT2D eigenvalue weighted by Crippen LogP contribution is -2.13. The number of benzene rings is 2. The van der Waals surface area contributed by atoms with E-state index in [1.165, 1.54) is 11.3 Å². The molecule has 3 rings (SSSR count). The molecule has 5 nitrogen and oxygen atoms in total. The number of primary amides is 1. The van der Waals surface area contributed by atoms with Crippen molar-refractivity contribution in [1.29, 1.82) is 0 Å². The van der Waals surface area contributed by atoms with Crippen LogP contribution in [0.15, 0.2) is 34.8 Å². The minimum Gasteiger partial charge on any atom is -0.483 e. The van der Waals surface area contributed by atoms with Crippen molar-refractivity contribution in [2.75, 3.05) is 6.61 Å². The number of fused-ring (bicyclic) bond motifs is 1. The molecule has 9 heteroatoms. The van der Waals surface area contributed by atoms with Gasteiger partial charge in [-0.3, -0.25) is 4.79 Å². The molecule has 146 valence electrons. The van der Waals surface area contributed by atoms with E-state index in [1.807, 2.05) is 12.1 Å². The number of amides is 1. The summed E-state index contributed by atoms with van der Waals surface area (Å²) in [6, 6.07) is 7.02. The zero-order valence-corrected chi connectivity index (χ0v) is 17.0. The Morgan fingerprint density at radius 2 is 1.89 bits per heavy atom. The molecule has 0 radical (unpaired) electrons. The number of rotatable bonds is 6. The first kappa shape index (κ1) is 20.2. The highest BCUT2D eigenvalue weighted by molar-refractivity contribution is 9.10.